The van der Waals surface area contributed by atoms with E-state index in [0.29, 0.717) is 6.61 Å². The number of hydrogen-bond acceptors (Lipinski definition) is 5. The minimum Gasteiger partial charge on any atom is -0.497 e. The van der Waals surface area contributed by atoms with Crippen LogP contribution >= 0.6 is 0 Å². The number of carbonyl (C=O) groups is 2. The Morgan fingerprint density at radius 1 is 1.07 bits per heavy atom. The van der Waals surface area contributed by atoms with Crippen molar-refractivity contribution in [3.8, 4) is 5.75 Å². The molecule has 0 aliphatic carbocycles. The van der Waals surface area contributed by atoms with Crippen LogP contribution in [0.25, 0.3) is 6.08 Å². The summed E-state index contributed by atoms with van der Waals surface area (Å²) in [6.45, 7) is 0.297. The highest BCUT2D eigenvalue weighted by Crippen LogP contribution is 2.11. The second kappa shape index (κ2) is 12.3. The van der Waals surface area contributed by atoms with Crippen molar-refractivity contribution in [1.29, 1.82) is 0 Å². The third-order valence-electron chi connectivity index (χ3n) is 3.92. The maximum Gasteiger partial charge on any atom is 0.244 e. The van der Waals surface area contributed by atoms with E-state index in [0.717, 1.165) is 16.9 Å². The Labute approximate surface area is 170 Å². The minimum absolute atomic E-state index is 0.0389. The Hall–Kier alpha value is -3.16. The van der Waals surface area contributed by atoms with Crippen molar-refractivity contribution in [3.05, 3.63) is 71.8 Å². The van der Waals surface area contributed by atoms with Crippen molar-refractivity contribution in [2.24, 2.45) is 0 Å². The van der Waals surface area contributed by atoms with Gasteiger partial charge in [0, 0.05) is 12.6 Å². The second-order valence-electron chi connectivity index (χ2n) is 6.28. The lowest BCUT2D eigenvalue weighted by molar-refractivity contribution is -0.124. The average molecular weight is 398 g/mol. The summed E-state index contributed by atoms with van der Waals surface area (Å²) in [4.78, 5) is 23.5. The SMILES string of the molecule is COc1ccc(COCC(O)CNC(=O)CNC(=O)/C=C/c2ccccc2)cc1. The summed E-state index contributed by atoms with van der Waals surface area (Å²) in [6, 6.07) is 16.8. The third-order valence-corrected chi connectivity index (χ3v) is 3.92. The Balaban J connectivity index is 1.57. The number of aliphatic hydroxyl groups excluding tert-OH is 1. The molecular weight excluding hydrogens is 372 g/mol. The van der Waals surface area contributed by atoms with E-state index in [1.807, 2.05) is 54.6 Å². The molecule has 0 aromatic heterocycles. The van der Waals surface area contributed by atoms with E-state index >= 15 is 0 Å². The number of aliphatic hydroxyl groups is 1. The predicted octanol–water partition coefficient (Wildman–Crippen LogP) is 1.52. The molecule has 7 nitrogen and oxygen atoms in total. The van der Waals surface area contributed by atoms with Gasteiger partial charge in [0.25, 0.3) is 0 Å². The summed E-state index contributed by atoms with van der Waals surface area (Å²) >= 11 is 0. The normalized spacial score (nSPS) is 11.8. The smallest absolute Gasteiger partial charge is 0.244 e. The van der Waals surface area contributed by atoms with Gasteiger partial charge in [0.1, 0.15) is 5.75 Å². The fourth-order valence-electron chi connectivity index (χ4n) is 2.35. The van der Waals surface area contributed by atoms with E-state index in [2.05, 4.69) is 10.6 Å². The lowest BCUT2D eigenvalue weighted by atomic mass is 10.2. The average Bonchev–Trinajstić information content (AvgIpc) is 2.76. The van der Waals surface area contributed by atoms with Crippen LogP contribution in [0.3, 0.4) is 0 Å². The van der Waals surface area contributed by atoms with Gasteiger partial charge in [-0.1, -0.05) is 42.5 Å². The molecule has 0 heterocycles. The second-order valence-corrected chi connectivity index (χ2v) is 6.28. The van der Waals surface area contributed by atoms with Crippen molar-refractivity contribution >= 4 is 17.9 Å². The zero-order chi connectivity index (χ0) is 20.9. The van der Waals surface area contributed by atoms with Crippen LogP contribution in [0.15, 0.2) is 60.7 Å². The summed E-state index contributed by atoms with van der Waals surface area (Å²) in [5.41, 5.74) is 1.85. The quantitative estimate of drug-likeness (QED) is 0.499. The van der Waals surface area contributed by atoms with Gasteiger partial charge in [-0.05, 0) is 29.3 Å². The van der Waals surface area contributed by atoms with Crippen LogP contribution < -0.4 is 15.4 Å². The van der Waals surface area contributed by atoms with Gasteiger partial charge in [-0.25, -0.2) is 0 Å². The summed E-state index contributed by atoms with van der Waals surface area (Å²) in [6.07, 6.45) is 2.19. The molecule has 29 heavy (non-hydrogen) atoms. The summed E-state index contributed by atoms with van der Waals surface area (Å²) < 4.78 is 10.5. The first-order valence-electron chi connectivity index (χ1n) is 9.23. The van der Waals surface area contributed by atoms with E-state index in [1.54, 1.807) is 13.2 Å². The molecule has 1 atom stereocenters. The van der Waals surface area contributed by atoms with Crippen LogP contribution in [0, 0.1) is 0 Å². The number of nitrogens with one attached hydrogen (secondary N) is 2. The molecule has 3 N–H and O–H groups in total. The molecule has 2 amide bonds. The lowest BCUT2D eigenvalue weighted by Gasteiger charge is -2.13. The number of methoxy groups -OCH3 is 1. The van der Waals surface area contributed by atoms with Crippen molar-refractivity contribution < 1.29 is 24.2 Å². The maximum absolute atomic E-state index is 11.8. The first-order chi connectivity index (χ1) is 14.1. The van der Waals surface area contributed by atoms with Gasteiger partial charge >= 0.3 is 0 Å². The van der Waals surface area contributed by atoms with E-state index < -0.39 is 6.10 Å². The molecule has 0 aliphatic rings. The zero-order valence-electron chi connectivity index (χ0n) is 16.3. The molecule has 0 saturated carbocycles. The minimum atomic E-state index is -0.842. The molecule has 0 aliphatic heterocycles. The van der Waals surface area contributed by atoms with Gasteiger partial charge < -0.3 is 25.2 Å². The molecule has 154 valence electrons. The topological polar surface area (TPSA) is 96.9 Å². The molecule has 0 bridgehead atoms. The fourth-order valence-corrected chi connectivity index (χ4v) is 2.35. The van der Waals surface area contributed by atoms with Crippen molar-refractivity contribution in [2.45, 2.75) is 12.7 Å². The maximum atomic E-state index is 11.8. The molecule has 7 heteroatoms. The number of hydrogen-bond donors (Lipinski definition) is 3. The van der Waals surface area contributed by atoms with Crippen LogP contribution in [0.1, 0.15) is 11.1 Å². The Kier molecular flexibility index (Phi) is 9.41. The zero-order valence-corrected chi connectivity index (χ0v) is 16.3. The van der Waals surface area contributed by atoms with E-state index in [-0.39, 0.29) is 31.5 Å². The van der Waals surface area contributed by atoms with Crippen molar-refractivity contribution in [1.82, 2.24) is 10.6 Å². The van der Waals surface area contributed by atoms with Gasteiger partial charge in [0.05, 0.1) is 33.0 Å². The first kappa shape index (κ1) is 22.1. The van der Waals surface area contributed by atoms with Crippen LogP contribution in [0.2, 0.25) is 0 Å². The molecule has 0 spiro atoms. The highest BCUT2D eigenvalue weighted by Gasteiger charge is 2.08. The van der Waals surface area contributed by atoms with Gasteiger partial charge in [-0.3, -0.25) is 9.59 Å². The van der Waals surface area contributed by atoms with Crippen LogP contribution in [0.4, 0.5) is 0 Å². The number of carbonyl (C=O) groups excluding carboxylic acids is 2. The largest absolute Gasteiger partial charge is 0.497 e. The van der Waals surface area contributed by atoms with Crippen LogP contribution in [0.5, 0.6) is 5.75 Å². The van der Waals surface area contributed by atoms with Gasteiger partial charge in [-0.15, -0.1) is 0 Å². The first-order valence-corrected chi connectivity index (χ1v) is 9.23. The van der Waals surface area contributed by atoms with Gasteiger partial charge in [-0.2, -0.15) is 0 Å². The molecule has 2 aromatic carbocycles. The predicted molar refractivity (Wildman–Crippen MR) is 110 cm³/mol. The Morgan fingerprint density at radius 3 is 2.48 bits per heavy atom. The monoisotopic (exact) mass is 398 g/mol. The van der Waals surface area contributed by atoms with E-state index in [4.69, 9.17) is 9.47 Å². The van der Waals surface area contributed by atoms with E-state index in [9.17, 15) is 14.7 Å². The molecule has 0 radical (unpaired) electrons. The number of amides is 2. The lowest BCUT2D eigenvalue weighted by Crippen LogP contribution is -2.40. The standard InChI is InChI=1S/C22H26N2O5/c1-28-20-10-7-18(8-11-20)15-29-16-19(25)13-23-22(27)14-24-21(26)12-9-17-5-3-2-4-6-17/h2-12,19,25H,13-16H2,1H3,(H,23,27)(H,24,26)/b12-9+. The summed E-state index contributed by atoms with van der Waals surface area (Å²) in [7, 11) is 1.60. The summed E-state index contributed by atoms with van der Waals surface area (Å²) in [5, 5.41) is 14.9. The number of ether oxygens (including phenoxy) is 2. The molecule has 0 fully saturated rings. The molecule has 0 saturated heterocycles. The Bertz CT molecular complexity index is 791. The molecular formula is C22H26N2O5. The fraction of sp³-hybridized carbons (Fsp3) is 0.273. The van der Waals surface area contributed by atoms with E-state index in [1.165, 1.54) is 6.08 Å². The Morgan fingerprint density at radius 2 is 1.79 bits per heavy atom. The van der Waals surface area contributed by atoms with Crippen molar-refractivity contribution in [2.75, 3.05) is 26.8 Å². The molecule has 2 rings (SSSR count). The summed E-state index contributed by atoms with van der Waals surface area (Å²) in [5.74, 6) is 0.00665. The molecule has 2 aromatic rings. The van der Waals surface area contributed by atoms with Crippen molar-refractivity contribution in [3.63, 3.8) is 0 Å². The van der Waals surface area contributed by atoms with Gasteiger partial charge in [0.15, 0.2) is 0 Å². The third kappa shape index (κ3) is 9.05. The van der Waals surface area contributed by atoms with Crippen LogP contribution in [-0.2, 0) is 20.9 Å². The highest BCUT2D eigenvalue weighted by atomic mass is 16.5. The highest BCUT2D eigenvalue weighted by molar-refractivity contribution is 5.94. The van der Waals surface area contributed by atoms with Gasteiger partial charge in [0.2, 0.25) is 11.8 Å². The molecule has 1 unspecified atom stereocenters. The number of rotatable bonds is 11. The number of benzene rings is 2. The van der Waals surface area contributed by atoms with Crippen LogP contribution in [-0.4, -0.2) is 49.8 Å².